The van der Waals surface area contributed by atoms with Crippen molar-refractivity contribution in [3.05, 3.63) is 173 Å². The van der Waals surface area contributed by atoms with E-state index in [2.05, 4.69) is 138 Å². The Kier molecular flexibility index (Phi) is 7.03. The lowest BCUT2D eigenvalue weighted by Crippen LogP contribution is -2.47. The number of halogens is 1. The number of benzene rings is 5. The normalized spacial score (nSPS) is 18.7. The molecule has 40 heavy (non-hydrogen) atoms. The Balaban J connectivity index is 1.53. The molecular weight excluding hydrogens is 546 g/mol. The fourth-order valence-corrected chi connectivity index (χ4v) is 9.01. The molecule has 2 bridgehead atoms. The second kappa shape index (κ2) is 11.1. The molecule has 2 aliphatic rings. The van der Waals surface area contributed by atoms with Gasteiger partial charge in [0.1, 0.15) is 10.7 Å². The van der Waals surface area contributed by atoms with Gasteiger partial charge in [0.15, 0.2) is 0 Å². The summed E-state index contributed by atoms with van der Waals surface area (Å²) in [6.45, 7) is 0. The topological polar surface area (TPSA) is 3.24 Å². The molecule has 0 spiro atoms. The first-order valence-electron chi connectivity index (χ1n) is 13.4. The van der Waals surface area contributed by atoms with Gasteiger partial charge >= 0.3 is 0 Å². The fourth-order valence-electron chi connectivity index (χ4n) is 5.50. The summed E-state index contributed by atoms with van der Waals surface area (Å²) in [6.07, 6.45) is 0. The van der Waals surface area contributed by atoms with Crippen LogP contribution in [-0.2, 0) is 0 Å². The molecule has 0 aliphatic carbocycles. The Bertz CT molecular complexity index is 1580. The van der Waals surface area contributed by atoms with Crippen LogP contribution in [-0.4, -0.2) is 10.7 Å². The van der Waals surface area contributed by atoms with Crippen LogP contribution in [0.5, 0.6) is 0 Å². The fraction of sp³-hybridized carbons (Fsp3) is 0.0556. The summed E-state index contributed by atoms with van der Waals surface area (Å²) in [5.74, 6) is 0. The number of nitrogens with zero attached hydrogens (tertiary/aromatic N) is 1. The highest BCUT2D eigenvalue weighted by molar-refractivity contribution is 8.12. The highest BCUT2D eigenvalue weighted by Gasteiger charge is 2.45. The number of rotatable bonds is 5. The minimum atomic E-state index is 0.0627. The third-order valence-electron chi connectivity index (χ3n) is 7.31. The molecule has 2 unspecified atom stereocenters. The molecule has 0 radical (unpaired) electrons. The van der Waals surface area contributed by atoms with E-state index in [1.807, 2.05) is 35.7 Å². The van der Waals surface area contributed by atoms with E-state index in [0.29, 0.717) is 0 Å². The molecule has 0 fully saturated rings. The molecule has 2 heterocycles. The molecule has 5 aromatic carbocycles. The lowest BCUT2D eigenvalue weighted by Gasteiger charge is -2.50. The van der Waals surface area contributed by atoms with E-state index in [1.165, 1.54) is 48.9 Å². The number of thioether (sulfide) groups is 2. The van der Waals surface area contributed by atoms with Crippen molar-refractivity contribution in [1.29, 1.82) is 0 Å². The minimum absolute atomic E-state index is 0.0627. The average Bonchev–Trinajstić information content (AvgIpc) is 3.02. The molecule has 0 amide bonds. The van der Waals surface area contributed by atoms with Gasteiger partial charge in [-0.1, -0.05) is 156 Å². The standard InChI is InChI=1S/C36H26ClNS2/c37-29-21-23-30(24-22-29)38-35-31(25-13-5-1-6-14-25)33(27-17-9-3-10-18-27)39-36(38)32(26-15-7-2-8-16-26)34(40-35)28-19-11-4-12-20-28/h1-24,35-36H. The monoisotopic (exact) mass is 571 g/mol. The van der Waals surface area contributed by atoms with Crippen LogP contribution in [0.2, 0.25) is 5.02 Å². The minimum Gasteiger partial charge on any atom is -0.338 e. The summed E-state index contributed by atoms with van der Waals surface area (Å²) >= 11 is 10.3. The Morgan fingerprint density at radius 2 is 0.775 bits per heavy atom. The maximum absolute atomic E-state index is 6.38. The second-order valence-corrected chi connectivity index (χ2v) is 12.4. The van der Waals surface area contributed by atoms with Gasteiger partial charge in [-0.25, -0.2) is 0 Å². The average molecular weight is 572 g/mol. The maximum Gasteiger partial charge on any atom is 0.108 e. The summed E-state index contributed by atoms with van der Waals surface area (Å²) < 4.78 is 0. The van der Waals surface area contributed by atoms with Crippen molar-refractivity contribution in [3.8, 4) is 0 Å². The van der Waals surface area contributed by atoms with Gasteiger partial charge in [0.25, 0.3) is 0 Å². The molecule has 194 valence electrons. The zero-order chi connectivity index (χ0) is 26.9. The summed E-state index contributed by atoms with van der Waals surface area (Å²) in [4.78, 5) is 5.26. The Morgan fingerprint density at radius 3 is 1.15 bits per heavy atom. The van der Waals surface area contributed by atoms with Gasteiger partial charge in [0, 0.05) is 31.7 Å². The highest BCUT2D eigenvalue weighted by Crippen LogP contribution is 2.61. The van der Waals surface area contributed by atoms with E-state index in [0.717, 1.165) is 5.02 Å². The van der Waals surface area contributed by atoms with Gasteiger partial charge in [-0.3, -0.25) is 0 Å². The van der Waals surface area contributed by atoms with E-state index in [4.69, 9.17) is 11.6 Å². The first-order valence-corrected chi connectivity index (χ1v) is 15.5. The molecule has 2 atom stereocenters. The quantitative estimate of drug-likeness (QED) is 0.206. The molecule has 0 saturated heterocycles. The van der Waals surface area contributed by atoms with Crippen LogP contribution in [0.4, 0.5) is 5.69 Å². The maximum atomic E-state index is 6.38. The van der Waals surface area contributed by atoms with Gasteiger partial charge in [-0.05, 0) is 46.5 Å². The zero-order valence-electron chi connectivity index (χ0n) is 21.7. The van der Waals surface area contributed by atoms with Gasteiger partial charge < -0.3 is 4.90 Å². The molecule has 0 aromatic heterocycles. The van der Waals surface area contributed by atoms with Crippen molar-refractivity contribution in [2.75, 3.05) is 4.90 Å². The van der Waals surface area contributed by atoms with Crippen LogP contribution in [0, 0.1) is 0 Å². The van der Waals surface area contributed by atoms with E-state index < -0.39 is 0 Å². The molecule has 4 heteroatoms. The Morgan fingerprint density at radius 1 is 0.425 bits per heavy atom. The van der Waals surface area contributed by atoms with Gasteiger partial charge in [0.2, 0.25) is 0 Å². The van der Waals surface area contributed by atoms with Crippen molar-refractivity contribution < 1.29 is 0 Å². The molecule has 0 N–H and O–H groups in total. The van der Waals surface area contributed by atoms with Crippen LogP contribution in [0.1, 0.15) is 22.3 Å². The highest BCUT2D eigenvalue weighted by atomic mass is 35.5. The first-order chi connectivity index (χ1) is 19.8. The number of fused-ring (bicyclic) bond motifs is 2. The van der Waals surface area contributed by atoms with Crippen molar-refractivity contribution in [2.45, 2.75) is 10.7 Å². The molecule has 0 saturated carbocycles. The van der Waals surface area contributed by atoms with Gasteiger partial charge in [-0.15, -0.1) is 0 Å². The van der Waals surface area contributed by atoms with Gasteiger partial charge in [0.05, 0.1) is 0 Å². The molecule has 7 rings (SSSR count). The summed E-state index contributed by atoms with van der Waals surface area (Å²) in [5, 5.41) is 0.874. The smallest absolute Gasteiger partial charge is 0.108 e. The molecule has 5 aromatic rings. The van der Waals surface area contributed by atoms with E-state index in [1.54, 1.807) is 0 Å². The number of anilines is 1. The van der Waals surface area contributed by atoms with Gasteiger partial charge in [-0.2, -0.15) is 0 Å². The molecule has 2 aliphatic heterocycles. The molecule has 1 nitrogen and oxygen atoms in total. The largest absolute Gasteiger partial charge is 0.338 e. The van der Waals surface area contributed by atoms with Crippen LogP contribution in [0.3, 0.4) is 0 Å². The predicted octanol–water partition coefficient (Wildman–Crippen LogP) is 10.4. The van der Waals surface area contributed by atoms with Crippen molar-refractivity contribution in [3.63, 3.8) is 0 Å². The zero-order valence-corrected chi connectivity index (χ0v) is 24.0. The van der Waals surface area contributed by atoms with Crippen LogP contribution in [0.25, 0.3) is 21.0 Å². The van der Waals surface area contributed by atoms with Crippen LogP contribution >= 0.6 is 35.1 Å². The second-order valence-electron chi connectivity index (χ2n) is 9.77. The summed E-state index contributed by atoms with van der Waals surface area (Å²) in [5.41, 5.74) is 8.86. The third-order valence-corrected chi connectivity index (χ3v) is 10.3. The predicted molar refractivity (Wildman–Crippen MR) is 176 cm³/mol. The van der Waals surface area contributed by atoms with Crippen molar-refractivity contribution in [1.82, 2.24) is 0 Å². The number of hydrogen-bond acceptors (Lipinski definition) is 3. The summed E-state index contributed by atoms with van der Waals surface area (Å²) in [7, 11) is 0. The Hall–Kier alpha value is -3.63. The van der Waals surface area contributed by atoms with Crippen LogP contribution in [0.15, 0.2) is 146 Å². The first kappa shape index (κ1) is 25.3. The Labute approximate surface area is 249 Å². The van der Waals surface area contributed by atoms with E-state index >= 15 is 0 Å². The van der Waals surface area contributed by atoms with Crippen molar-refractivity contribution >= 4 is 61.8 Å². The summed E-state index contributed by atoms with van der Waals surface area (Å²) in [6, 6.07) is 51.8. The number of hydrogen-bond donors (Lipinski definition) is 0. The van der Waals surface area contributed by atoms with E-state index in [-0.39, 0.29) is 10.7 Å². The lowest BCUT2D eigenvalue weighted by atomic mass is 9.97. The van der Waals surface area contributed by atoms with Crippen LogP contribution < -0.4 is 4.90 Å². The SMILES string of the molecule is Clc1ccc(N2C3SC(c4ccccc4)=C(c4ccccc4)C2SC(c2ccccc2)=C3c2ccccc2)cc1. The van der Waals surface area contributed by atoms with E-state index in [9.17, 15) is 0 Å². The third kappa shape index (κ3) is 4.69. The van der Waals surface area contributed by atoms with Crippen molar-refractivity contribution in [2.24, 2.45) is 0 Å². The lowest BCUT2D eigenvalue weighted by molar-refractivity contribution is 0.886. The molecular formula is C36H26ClNS2.